The third kappa shape index (κ3) is 3.93. The Morgan fingerprint density at radius 3 is 2.95 bits per heavy atom. The molecule has 1 aromatic carbocycles. The maximum absolute atomic E-state index is 13.5. The van der Waals surface area contributed by atoms with Gasteiger partial charge in [0, 0.05) is 13.0 Å². The minimum Gasteiger partial charge on any atom is -0.458 e. The molecule has 4 aliphatic heterocycles. The van der Waals surface area contributed by atoms with Crippen LogP contribution in [-0.2, 0) is 39.9 Å². The molecule has 198 valence electrons. The molecule has 0 aromatic heterocycles. The Balaban J connectivity index is 1.14. The third-order valence-corrected chi connectivity index (χ3v) is 8.79. The summed E-state index contributed by atoms with van der Waals surface area (Å²) in [6, 6.07) is 7.18. The maximum Gasteiger partial charge on any atom is 0.327 e. The van der Waals surface area contributed by atoms with Crippen LogP contribution in [0.4, 0.5) is 0 Å². The molecule has 1 amide bonds. The second-order valence-corrected chi connectivity index (χ2v) is 11.0. The Labute approximate surface area is 214 Å². The number of esters is 1. The highest BCUT2D eigenvalue weighted by atomic mass is 16.8. The van der Waals surface area contributed by atoms with Crippen molar-refractivity contribution in [3.8, 4) is 0 Å². The van der Waals surface area contributed by atoms with E-state index >= 15 is 0 Å². The Bertz CT molecular complexity index is 1110. The lowest BCUT2D eigenvalue weighted by molar-refractivity contribution is -0.201. The van der Waals surface area contributed by atoms with E-state index in [2.05, 4.69) is 29.6 Å². The molecular weight excluding hydrogens is 480 g/mol. The molecule has 6 fully saturated rings. The summed E-state index contributed by atoms with van der Waals surface area (Å²) in [5.41, 5.74) is 0.837. The van der Waals surface area contributed by atoms with Crippen LogP contribution in [-0.4, -0.2) is 84.7 Å². The highest BCUT2D eigenvalue weighted by molar-refractivity contribution is 5.93. The summed E-state index contributed by atoms with van der Waals surface area (Å²) in [5, 5.41) is 13.7. The largest absolute Gasteiger partial charge is 0.458 e. The summed E-state index contributed by atoms with van der Waals surface area (Å²) in [5.74, 6) is -0.303. The topological polar surface area (TPSA) is 119 Å². The van der Waals surface area contributed by atoms with Crippen LogP contribution in [0, 0.1) is 11.3 Å². The number of hydrogen-bond donors (Lipinski definition) is 2. The standard InChI is InChI=1S/C27H32N2O8/c30-9-8-28-26(32)27-12-20-21-22(34-14-33-21)24(27)37-29(23(27)25(31)36-20)13-17-3-1-2-15(10-17)4-5-16-6-7-18-19(11-16)35-18/h1-5,10,16,18-24,30H,6-9,11-14H2,(H,28,32)/t16?,18?,19?,20-,21+,22+,23+,24-,27+/m1/s1. The zero-order valence-electron chi connectivity index (χ0n) is 20.5. The molecule has 2 bridgehead atoms. The molecule has 0 radical (unpaired) electrons. The van der Waals surface area contributed by atoms with Crippen LogP contribution in [0.5, 0.6) is 0 Å². The predicted octanol–water partition coefficient (Wildman–Crippen LogP) is 0.917. The van der Waals surface area contributed by atoms with E-state index in [1.807, 2.05) is 12.1 Å². The fraction of sp³-hybridized carbons (Fsp3) is 0.630. The maximum atomic E-state index is 13.5. The first-order valence-corrected chi connectivity index (χ1v) is 13.3. The molecule has 2 N–H and O–H groups in total. The van der Waals surface area contributed by atoms with Crippen LogP contribution in [0.3, 0.4) is 0 Å². The van der Waals surface area contributed by atoms with E-state index in [-0.39, 0.29) is 32.3 Å². The van der Waals surface area contributed by atoms with E-state index in [1.165, 1.54) is 0 Å². The van der Waals surface area contributed by atoms with Gasteiger partial charge in [-0.15, -0.1) is 0 Å². The molecule has 7 rings (SSSR count). The molecule has 2 aliphatic carbocycles. The average Bonchev–Trinajstić information content (AvgIpc) is 3.33. The quantitative estimate of drug-likeness (QED) is 0.406. The van der Waals surface area contributed by atoms with E-state index in [9.17, 15) is 14.7 Å². The molecule has 4 heterocycles. The molecule has 0 spiro atoms. The summed E-state index contributed by atoms with van der Waals surface area (Å²) in [6.07, 6.45) is 6.72. The van der Waals surface area contributed by atoms with Gasteiger partial charge in [-0.05, 0) is 36.3 Å². The van der Waals surface area contributed by atoms with Crippen molar-refractivity contribution in [1.82, 2.24) is 10.4 Å². The second-order valence-electron chi connectivity index (χ2n) is 11.0. The number of carbonyl (C=O) groups is 2. The molecule has 1 aromatic rings. The van der Waals surface area contributed by atoms with Crippen LogP contribution in [0.25, 0.3) is 6.08 Å². The van der Waals surface area contributed by atoms with E-state index < -0.39 is 41.8 Å². The molecule has 4 saturated heterocycles. The number of epoxide rings is 1. The Morgan fingerprint density at radius 2 is 2.08 bits per heavy atom. The average molecular weight is 513 g/mol. The molecule has 10 nitrogen and oxygen atoms in total. The van der Waals surface area contributed by atoms with Crippen LogP contribution in [0.1, 0.15) is 36.8 Å². The smallest absolute Gasteiger partial charge is 0.327 e. The van der Waals surface area contributed by atoms with Gasteiger partial charge in [-0.1, -0.05) is 36.4 Å². The number of aliphatic hydroxyl groups is 1. The van der Waals surface area contributed by atoms with Crippen LogP contribution in [0.2, 0.25) is 0 Å². The molecule has 37 heavy (non-hydrogen) atoms. The zero-order chi connectivity index (χ0) is 25.1. The Kier molecular flexibility index (Phi) is 5.87. The lowest BCUT2D eigenvalue weighted by Gasteiger charge is -2.48. The SMILES string of the molecule is O=C1O[C@@H]2C[C@@]3(C(=O)NCCO)[C@H](ON(Cc4cccc(C=CC5CCC6OC6C5)c4)[C@@H]13)[C@H]1OCO[C@H]12. The van der Waals surface area contributed by atoms with Crippen molar-refractivity contribution in [1.29, 1.82) is 0 Å². The van der Waals surface area contributed by atoms with Gasteiger partial charge in [-0.3, -0.25) is 14.4 Å². The van der Waals surface area contributed by atoms with Gasteiger partial charge in [-0.25, -0.2) is 0 Å². The predicted molar refractivity (Wildman–Crippen MR) is 127 cm³/mol. The molecule has 6 aliphatic rings. The second kappa shape index (κ2) is 9.14. The van der Waals surface area contributed by atoms with Gasteiger partial charge >= 0.3 is 5.97 Å². The van der Waals surface area contributed by atoms with Crippen molar-refractivity contribution in [3.63, 3.8) is 0 Å². The van der Waals surface area contributed by atoms with Crippen LogP contribution < -0.4 is 5.32 Å². The first kappa shape index (κ1) is 23.8. The van der Waals surface area contributed by atoms with Gasteiger partial charge in [0.15, 0.2) is 6.04 Å². The third-order valence-electron chi connectivity index (χ3n) is 8.79. The molecule has 3 unspecified atom stereocenters. The number of aliphatic hydroxyl groups excluding tert-OH is 1. The minimum absolute atomic E-state index is 0.0607. The number of benzene rings is 1. The van der Waals surface area contributed by atoms with Gasteiger partial charge in [0.25, 0.3) is 0 Å². The van der Waals surface area contributed by atoms with Crippen LogP contribution >= 0.6 is 0 Å². The van der Waals surface area contributed by atoms with Crippen molar-refractivity contribution in [2.75, 3.05) is 19.9 Å². The molecule has 9 atom stereocenters. The van der Waals surface area contributed by atoms with Gasteiger partial charge in [0.05, 0.1) is 25.4 Å². The van der Waals surface area contributed by atoms with Gasteiger partial charge in [0.1, 0.15) is 36.6 Å². The fourth-order valence-corrected chi connectivity index (χ4v) is 7.00. The summed E-state index contributed by atoms with van der Waals surface area (Å²) in [6.45, 7) is 0.257. The van der Waals surface area contributed by atoms with Crippen molar-refractivity contribution in [3.05, 3.63) is 41.5 Å². The lowest BCUT2D eigenvalue weighted by atomic mass is 9.62. The highest BCUT2D eigenvalue weighted by Crippen LogP contribution is 2.55. The van der Waals surface area contributed by atoms with E-state index in [0.717, 1.165) is 30.4 Å². The summed E-state index contributed by atoms with van der Waals surface area (Å²) < 4.78 is 23.0. The number of ether oxygens (including phenoxy) is 4. The number of hydrogen-bond acceptors (Lipinski definition) is 9. The number of amides is 1. The number of rotatable bonds is 7. The first-order chi connectivity index (χ1) is 18.1. The first-order valence-electron chi connectivity index (χ1n) is 13.3. The number of carbonyl (C=O) groups excluding carboxylic acids is 2. The fourth-order valence-electron chi connectivity index (χ4n) is 7.00. The lowest BCUT2D eigenvalue weighted by Crippen LogP contribution is -2.69. The monoisotopic (exact) mass is 512 g/mol. The Hall–Kier alpha value is -2.34. The number of nitrogens with one attached hydrogen (secondary N) is 1. The Morgan fingerprint density at radius 1 is 1.19 bits per heavy atom. The van der Waals surface area contributed by atoms with Crippen molar-refractivity contribution in [2.45, 2.75) is 74.9 Å². The van der Waals surface area contributed by atoms with E-state index in [0.29, 0.717) is 24.7 Å². The molecule has 2 saturated carbocycles. The number of allylic oxidation sites excluding steroid dienone is 1. The van der Waals surface area contributed by atoms with Crippen LogP contribution in [0.15, 0.2) is 30.3 Å². The summed E-state index contributed by atoms with van der Waals surface area (Å²) in [7, 11) is 0. The summed E-state index contributed by atoms with van der Waals surface area (Å²) >= 11 is 0. The van der Waals surface area contributed by atoms with Crippen molar-refractivity contribution < 1.29 is 38.5 Å². The normalized spacial score (nSPS) is 41.8. The number of fused-ring (bicyclic) bond motifs is 5. The number of nitrogens with zero attached hydrogens (tertiary/aromatic N) is 1. The van der Waals surface area contributed by atoms with E-state index in [4.69, 9.17) is 23.8 Å². The van der Waals surface area contributed by atoms with E-state index in [1.54, 1.807) is 5.06 Å². The zero-order valence-corrected chi connectivity index (χ0v) is 20.5. The highest BCUT2D eigenvalue weighted by Gasteiger charge is 2.74. The summed E-state index contributed by atoms with van der Waals surface area (Å²) in [4.78, 5) is 33.2. The van der Waals surface area contributed by atoms with Crippen molar-refractivity contribution in [2.24, 2.45) is 11.3 Å². The van der Waals surface area contributed by atoms with Gasteiger partial charge in [0.2, 0.25) is 5.91 Å². The minimum atomic E-state index is -1.19. The molecule has 10 heteroatoms. The molecular formula is C27H32N2O8. The van der Waals surface area contributed by atoms with Crippen molar-refractivity contribution >= 4 is 18.0 Å². The van der Waals surface area contributed by atoms with Gasteiger partial charge < -0.3 is 29.4 Å². The number of hydroxylamine groups is 2. The van der Waals surface area contributed by atoms with Gasteiger partial charge in [-0.2, -0.15) is 5.06 Å².